The van der Waals surface area contributed by atoms with Gasteiger partial charge in [0, 0.05) is 21.9 Å². The summed E-state index contributed by atoms with van der Waals surface area (Å²) in [6.45, 7) is 13.7. The van der Waals surface area contributed by atoms with Crippen molar-refractivity contribution in [2.24, 2.45) is 0 Å². The van der Waals surface area contributed by atoms with E-state index in [1.54, 1.807) is 12.5 Å². The van der Waals surface area contributed by atoms with Gasteiger partial charge in [-0.15, -0.1) is 0 Å². The fourth-order valence-corrected chi connectivity index (χ4v) is 6.91. The molecule has 0 amide bonds. The van der Waals surface area contributed by atoms with Crippen molar-refractivity contribution >= 4 is 53.9 Å². The van der Waals surface area contributed by atoms with Gasteiger partial charge >= 0.3 is 0 Å². The molecule has 42 heavy (non-hydrogen) atoms. The lowest BCUT2D eigenvalue weighted by Crippen LogP contribution is -2.11. The van der Waals surface area contributed by atoms with Crippen LogP contribution in [0.25, 0.3) is 76.5 Å². The van der Waals surface area contributed by atoms with Crippen LogP contribution in [0.1, 0.15) is 52.7 Å². The molecular weight excluding hydrogens is 512 g/mol. The number of rotatable bonds is 2. The normalized spacial score (nSPS) is 13.0. The van der Waals surface area contributed by atoms with E-state index >= 15 is 0 Å². The number of hydrogen-bond donors (Lipinski definition) is 0. The molecule has 0 fully saturated rings. The largest absolute Gasteiger partial charge is 0.464 e. The van der Waals surface area contributed by atoms with Crippen molar-refractivity contribution in [1.82, 2.24) is 0 Å². The molecular formula is C40H34O2. The Morgan fingerprint density at radius 2 is 0.786 bits per heavy atom. The Bertz CT molecular complexity index is 2120. The van der Waals surface area contributed by atoms with Crippen LogP contribution in [0, 0.1) is 0 Å². The van der Waals surface area contributed by atoms with Crippen LogP contribution < -0.4 is 0 Å². The minimum Gasteiger partial charge on any atom is -0.464 e. The van der Waals surface area contributed by atoms with Crippen LogP contribution in [-0.2, 0) is 10.8 Å². The molecule has 0 N–H and O–H groups in total. The van der Waals surface area contributed by atoms with Crippen molar-refractivity contribution in [3.8, 4) is 22.6 Å². The highest BCUT2D eigenvalue weighted by Gasteiger charge is 2.25. The maximum atomic E-state index is 6.06. The summed E-state index contributed by atoms with van der Waals surface area (Å²) in [6.07, 6.45) is 3.54. The number of fused-ring (bicyclic) bond motifs is 6. The zero-order valence-corrected chi connectivity index (χ0v) is 25.1. The third kappa shape index (κ3) is 3.51. The van der Waals surface area contributed by atoms with Crippen molar-refractivity contribution in [1.29, 1.82) is 0 Å². The second kappa shape index (κ2) is 8.49. The van der Waals surface area contributed by atoms with E-state index in [1.807, 2.05) is 12.1 Å². The molecule has 0 spiro atoms. The molecule has 0 aliphatic rings. The maximum Gasteiger partial charge on any atom is 0.134 e. The summed E-state index contributed by atoms with van der Waals surface area (Å²) in [4.78, 5) is 0. The van der Waals surface area contributed by atoms with Crippen molar-refractivity contribution in [3.05, 3.63) is 109 Å². The highest BCUT2D eigenvalue weighted by Crippen LogP contribution is 2.51. The van der Waals surface area contributed by atoms with Gasteiger partial charge in [0.2, 0.25) is 0 Å². The molecule has 6 aromatic carbocycles. The van der Waals surface area contributed by atoms with E-state index in [0.29, 0.717) is 0 Å². The van der Waals surface area contributed by atoms with E-state index in [-0.39, 0.29) is 10.8 Å². The van der Waals surface area contributed by atoms with Gasteiger partial charge in [-0.2, -0.15) is 0 Å². The molecule has 2 heterocycles. The quantitative estimate of drug-likeness (QED) is 0.159. The highest BCUT2D eigenvalue weighted by atomic mass is 16.3. The molecule has 2 nitrogen and oxygen atoms in total. The van der Waals surface area contributed by atoms with Crippen LogP contribution >= 0.6 is 0 Å². The first-order valence-electron chi connectivity index (χ1n) is 14.8. The Hall–Kier alpha value is -4.56. The molecule has 0 radical (unpaired) electrons. The summed E-state index contributed by atoms with van der Waals surface area (Å²) < 4.78 is 12.1. The lowest BCUT2D eigenvalue weighted by atomic mass is 9.79. The van der Waals surface area contributed by atoms with E-state index in [4.69, 9.17) is 8.83 Å². The van der Waals surface area contributed by atoms with E-state index in [2.05, 4.69) is 114 Å². The lowest BCUT2D eigenvalue weighted by Gasteiger charge is -2.24. The Labute approximate surface area is 245 Å². The first-order valence-corrected chi connectivity index (χ1v) is 14.8. The van der Waals surface area contributed by atoms with Gasteiger partial charge in [-0.1, -0.05) is 77.9 Å². The summed E-state index contributed by atoms with van der Waals surface area (Å²) in [5.41, 5.74) is 4.97. The third-order valence-corrected chi connectivity index (χ3v) is 9.12. The molecule has 0 atom stereocenters. The van der Waals surface area contributed by atoms with Crippen molar-refractivity contribution in [2.45, 2.75) is 52.4 Å². The van der Waals surface area contributed by atoms with Gasteiger partial charge < -0.3 is 8.83 Å². The monoisotopic (exact) mass is 546 g/mol. The summed E-state index contributed by atoms with van der Waals surface area (Å²) in [5, 5.41) is 12.7. The molecule has 2 heteroatoms. The Kier molecular flexibility index (Phi) is 5.09. The maximum absolute atomic E-state index is 6.06. The van der Waals surface area contributed by atoms with Gasteiger partial charge in [0.25, 0.3) is 0 Å². The van der Waals surface area contributed by atoms with Crippen molar-refractivity contribution in [2.75, 3.05) is 0 Å². The smallest absolute Gasteiger partial charge is 0.134 e. The molecule has 206 valence electrons. The van der Waals surface area contributed by atoms with E-state index in [1.165, 1.54) is 65.0 Å². The second-order valence-corrected chi connectivity index (χ2v) is 13.8. The minimum atomic E-state index is 0.0329. The van der Waals surface area contributed by atoms with Gasteiger partial charge in [-0.05, 0) is 114 Å². The van der Waals surface area contributed by atoms with E-state index in [9.17, 15) is 0 Å². The van der Waals surface area contributed by atoms with Gasteiger partial charge in [0.15, 0.2) is 0 Å². The van der Waals surface area contributed by atoms with Crippen LogP contribution in [-0.4, -0.2) is 0 Å². The van der Waals surface area contributed by atoms with Crippen LogP contribution in [0.15, 0.2) is 106 Å². The summed E-state index contributed by atoms with van der Waals surface area (Å²) in [7, 11) is 0. The standard InChI is InChI=1S/C40H34O2/c1-39(2,3)23-11-13-25-31(21-23)27-15-17-30(34-10-8-20-42-34)36-26-14-12-24(40(4,5)6)22-32(26)28-16-18-29(33-9-7-19-41-33)35(25)38(28)37(27)36/h7-22H,1-6H3. The Morgan fingerprint density at radius 1 is 0.405 bits per heavy atom. The first kappa shape index (κ1) is 25.2. The molecule has 0 unspecified atom stereocenters. The molecule has 2 aromatic heterocycles. The van der Waals surface area contributed by atoms with Crippen molar-refractivity contribution in [3.63, 3.8) is 0 Å². The highest BCUT2D eigenvalue weighted by molar-refractivity contribution is 6.43. The van der Waals surface area contributed by atoms with Crippen molar-refractivity contribution < 1.29 is 8.83 Å². The predicted molar refractivity (Wildman–Crippen MR) is 178 cm³/mol. The fraction of sp³-hybridized carbons (Fsp3) is 0.200. The van der Waals surface area contributed by atoms with Gasteiger partial charge in [-0.25, -0.2) is 0 Å². The zero-order valence-electron chi connectivity index (χ0n) is 25.1. The molecule has 0 saturated heterocycles. The molecule has 8 rings (SSSR count). The average Bonchev–Trinajstić information content (AvgIpc) is 3.70. The minimum absolute atomic E-state index is 0.0329. The Morgan fingerprint density at radius 3 is 1.14 bits per heavy atom. The molecule has 0 bridgehead atoms. The van der Waals surface area contributed by atoms with Crippen LogP contribution in [0.5, 0.6) is 0 Å². The fourth-order valence-electron chi connectivity index (χ4n) is 6.91. The Balaban J connectivity index is 1.70. The summed E-state index contributed by atoms with van der Waals surface area (Å²) >= 11 is 0. The third-order valence-electron chi connectivity index (χ3n) is 9.12. The number of hydrogen-bond acceptors (Lipinski definition) is 2. The van der Waals surface area contributed by atoms with Gasteiger partial charge in [0.05, 0.1) is 12.5 Å². The van der Waals surface area contributed by atoms with Crippen LogP contribution in [0.4, 0.5) is 0 Å². The molecule has 0 aliphatic carbocycles. The average molecular weight is 547 g/mol. The number of benzene rings is 6. The number of furan rings is 2. The van der Waals surface area contributed by atoms with Crippen LogP contribution in [0.3, 0.4) is 0 Å². The molecule has 0 aliphatic heterocycles. The zero-order chi connectivity index (χ0) is 29.0. The SMILES string of the molecule is CC(C)(C)c1ccc2c(c1)c1ccc(-c3ccco3)c3c4ccc(C(C)(C)C)cc4c4ccc(-c5ccco5)c2c4c13. The predicted octanol–water partition coefficient (Wildman–Crippen LogP) is 12.0. The second-order valence-electron chi connectivity index (χ2n) is 13.8. The first-order chi connectivity index (χ1) is 20.1. The molecule has 0 saturated carbocycles. The van der Waals surface area contributed by atoms with Gasteiger partial charge in [-0.3, -0.25) is 0 Å². The van der Waals surface area contributed by atoms with E-state index < -0.39 is 0 Å². The molecule has 8 aromatic rings. The topological polar surface area (TPSA) is 26.3 Å². The summed E-state index contributed by atoms with van der Waals surface area (Å²) in [6, 6.07) is 31.4. The summed E-state index contributed by atoms with van der Waals surface area (Å²) in [5.74, 6) is 1.78. The van der Waals surface area contributed by atoms with E-state index in [0.717, 1.165) is 22.6 Å². The van der Waals surface area contributed by atoms with Crippen LogP contribution in [0.2, 0.25) is 0 Å². The lowest BCUT2D eigenvalue weighted by molar-refractivity contribution is 0.582. The van der Waals surface area contributed by atoms with Gasteiger partial charge in [0.1, 0.15) is 11.5 Å².